The molecule has 2 fully saturated rings. The minimum Gasteiger partial charge on any atom is -0.360 e. The van der Waals surface area contributed by atoms with Crippen LogP contribution in [0.4, 0.5) is 5.82 Å². The van der Waals surface area contributed by atoms with E-state index in [0.717, 1.165) is 41.8 Å². The Bertz CT molecular complexity index is 845. The Morgan fingerprint density at radius 3 is 2.92 bits per heavy atom. The maximum absolute atomic E-state index is 12.9. The number of thiophene rings is 1. The molecule has 3 heterocycles. The van der Waals surface area contributed by atoms with Gasteiger partial charge in [0.2, 0.25) is 5.91 Å². The number of rotatable bonds is 4. The lowest BCUT2D eigenvalue weighted by atomic mass is 9.65. The van der Waals surface area contributed by atoms with Crippen LogP contribution in [0, 0.1) is 10.8 Å². The summed E-state index contributed by atoms with van der Waals surface area (Å²) in [4.78, 5) is 26.1. The van der Waals surface area contributed by atoms with E-state index in [1.807, 2.05) is 0 Å². The Morgan fingerprint density at radius 1 is 1.35 bits per heavy atom. The number of likely N-dealkylation sites (tertiary alicyclic amines) is 1. The summed E-state index contributed by atoms with van der Waals surface area (Å²) in [5.41, 5.74) is 0.597. The number of aryl methyl sites for hydroxylation is 1. The summed E-state index contributed by atoms with van der Waals surface area (Å²) in [5.74, 6) is 0.960. The number of hydrogen-bond donors (Lipinski definition) is 1. The van der Waals surface area contributed by atoms with Crippen molar-refractivity contribution >= 4 is 33.3 Å². The lowest BCUT2D eigenvalue weighted by Crippen LogP contribution is -2.40. The van der Waals surface area contributed by atoms with Crippen molar-refractivity contribution < 1.29 is 4.79 Å². The van der Waals surface area contributed by atoms with Crippen molar-refractivity contribution in [1.29, 1.82) is 0 Å². The van der Waals surface area contributed by atoms with Gasteiger partial charge in [0, 0.05) is 17.5 Å². The predicted molar refractivity (Wildman–Crippen MR) is 107 cm³/mol. The van der Waals surface area contributed by atoms with Gasteiger partial charge in [0.05, 0.1) is 11.9 Å². The molecule has 1 aliphatic carbocycles. The summed E-state index contributed by atoms with van der Waals surface area (Å²) < 4.78 is 0. The summed E-state index contributed by atoms with van der Waals surface area (Å²) >= 11 is 1.70. The van der Waals surface area contributed by atoms with Crippen LogP contribution in [0.1, 0.15) is 51.8 Å². The quantitative estimate of drug-likeness (QED) is 0.878. The van der Waals surface area contributed by atoms with E-state index in [-0.39, 0.29) is 11.3 Å². The molecule has 1 aliphatic heterocycles. The van der Waals surface area contributed by atoms with Crippen molar-refractivity contribution in [2.24, 2.45) is 10.8 Å². The molecule has 2 aromatic rings. The van der Waals surface area contributed by atoms with E-state index < -0.39 is 0 Å². The van der Waals surface area contributed by atoms with Crippen LogP contribution in [0.25, 0.3) is 10.2 Å². The Hall–Kier alpha value is -1.69. The molecule has 1 N–H and O–H groups in total. The van der Waals surface area contributed by atoms with Crippen molar-refractivity contribution in [2.45, 2.75) is 59.4 Å². The molecule has 2 unspecified atom stereocenters. The van der Waals surface area contributed by atoms with Gasteiger partial charge in [-0.1, -0.05) is 27.7 Å². The van der Waals surface area contributed by atoms with Gasteiger partial charge in [-0.15, -0.1) is 11.3 Å². The van der Waals surface area contributed by atoms with Gasteiger partial charge in [-0.05, 0) is 42.6 Å². The first-order chi connectivity index (χ1) is 12.3. The molecule has 2 bridgehead atoms. The lowest BCUT2D eigenvalue weighted by Gasteiger charge is -2.39. The van der Waals surface area contributed by atoms with Crippen molar-refractivity contribution in [1.82, 2.24) is 14.9 Å². The standard InChI is InChI=1S/C20H28N4OS/c1-5-14-6-15-17(22-12-23-18(15)26-14)21-9-16(25)24-11-20(4)8-13(24)7-19(2,3)10-20/h6,12-13H,5,7-11H2,1-4H3,(H,21,22,23). The molecule has 140 valence electrons. The van der Waals surface area contributed by atoms with Gasteiger partial charge in [0.15, 0.2) is 0 Å². The molecule has 5 nitrogen and oxygen atoms in total. The Labute approximate surface area is 159 Å². The predicted octanol–water partition coefficient (Wildman–Crippen LogP) is 4.09. The van der Waals surface area contributed by atoms with Gasteiger partial charge in [-0.3, -0.25) is 4.79 Å². The molecular weight excluding hydrogens is 344 g/mol. The molecule has 6 heteroatoms. The second-order valence-corrected chi connectivity index (χ2v) is 10.2. The van der Waals surface area contributed by atoms with Crippen LogP contribution in [0.5, 0.6) is 0 Å². The van der Waals surface area contributed by atoms with E-state index in [4.69, 9.17) is 0 Å². The minimum atomic E-state index is 0.189. The molecule has 0 aromatic carbocycles. The molecule has 1 amide bonds. The molecule has 4 rings (SSSR count). The zero-order chi connectivity index (χ0) is 18.5. The maximum atomic E-state index is 12.9. The van der Waals surface area contributed by atoms with Crippen LogP contribution in [0.2, 0.25) is 0 Å². The summed E-state index contributed by atoms with van der Waals surface area (Å²) in [5, 5.41) is 4.30. The van der Waals surface area contributed by atoms with Gasteiger partial charge in [-0.25, -0.2) is 9.97 Å². The number of carbonyl (C=O) groups is 1. The highest BCUT2D eigenvalue weighted by Crippen LogP contribution is 2.52. The van der Waals surface area contributed by atoms with Crippen molar-refractivity contribution in [3.8, 4) is 0 Å². The first-order valence-electron chi connectivity index (χ1n) is 9.55. The number of amides is 1. The zero-order valence-corrected chi connectivity index (χ0v) is 16.9. The molecule has 1 saturated heterocycles. The molecule has 2 atom stereocenters. The van der Waals surface area contributed by atoms with Crippen LogP contribution in [0.15, 0.2) is 12.4 Å². The van der Waals surface area contributed by atoms with Crippen LogP contribution in [-0.4, -0.2) is 39.9 Å². The van der Waals surface area contributed by atoms with E-state index in [0.29, 0.717) is 18.0 Å². The topological polar surface area (TPSA) is 58.1 Å². The second-order valence-electron chi connectivity index (χ2n) is 9.10. The summed E-state index contributed by atoms with van der Waals surface area (Å²) in [6.07, 6.45) is 6.02. The summed E-state index contributed by atoms with van der Waals surface area (Å²) in [7, 11) is 0. The number of anilines is 1. The summed E-state index contributed by atoms with van der Waals surface area (Å²) in [6.45, 7) is 10.3. The highest BCUT2D eigenvalue weighted by atomic mass is 32.1. The zero-order valence-electron chi connectivity index (χ0n) is 16.1. The van der Waals surface area contributed by atoms with E-state index in [1.165, 1.54) is 11.3 Å². The number of nitrogens with zero attached hydrogens (tertiary/aromatic N) is 3. The van der Waals surface area contributed by atoms with E-state index in [1.54, 1.807) is 17.7 Å². The molecule has 1 saturated carbocycles. The van der Waals surface area contributed by atoms with Gasteiger partial charge in [0.1, 0.15) is 17.0 Å². The highest BCUT2D eigenvalue weighted by Gasteiger charge is 2.50. The largest absolute Gasteiger partial charge is 0.360 e. The molecule has 0 radical (unpaired) electrons. The number of fused-ring (bicyclic) bond motifs is 3. The smallest absolute Gasteiger partial charge is 0.242 e. The lowest BCUT2D eigenvalue weighted by molar-refractivity contribution is -0.130. The molecular formula is C20H28N4OS. The third-order valence-electron chi connectivity index (χ3n) is 5.87. The number of hydrogen-bond acceptors (Lipinski definition) is 5. The second kappa shape index (κ2) is 6.19. The van der Waals surface area contributed by atoms with E-state index in [2.05, 4.69) is 53.9 Å². The number of carbonyl (C=O) groups excluding carboxylic acids is 1. The maximum Gasteiger partial charge on any atom is 0.242 e. The Morgan fingerprint density at radius 2 is 2.15 bits per heavy atom. The number of nitrogens with one attached hydrogen (secondary N) is 1. The fraction of sp³-hybridized carbons (Fsp3) is 0.650. The third-order valence-corrected chi connectivity index (χ3v) is 7.06. The van der Waals surface area contributed by atoms with Crippen LogP contribution in [-0.2, 0) is 11.2 Å². The first kappa shape index (κ1) is 17.7. The fourth-order valence-corrected chi connectivity index (χ4v) is 6.17. The van der Waals surface area contributed by atoms with E-state index >= 15 is 0 Å². The molecule has 2 aliphatic rings. The fourth-order valence-electron chi connectivity index (χ4n) is 5.23. The van der Waals surface area contributed by atoms with Crippen LogP contribution < -0.4 is 5.32 Å². The van der Waals surface area contributed by atoms with Crippen molar-refractivity contribution in [2.75, 3.05) is 18.4 Å². The van der Waals surface area contributed by atoms with Crippen molar-refractivity contribution in [3.05, 3.63) is 17.3 Å². The average Bonchev–Trinajstić information content (AvgIpc) is 3.09. The van der Waals surface area contributed by atoms with Gasteiger partial charge >= 0.3 is 0 Å². The van der Waals surface area contributed by atoms with Gasteiger partial charge < -0.3 is 10.2 Å². The molecule has 0 spiro atoms. The summed E-state index contributed by atoms with van der Waals surface area (Å²) in [6, 6.07) is 2.52. The highest BCUT2D eigenvalue weighted by molar-refractivity contribution is 7.18. The SMILES string of the molecule is CCc1cc2c(NCC(=O)N3CC4(C)CC3CC(C)(C)C4)ncnc2s1. The first-order valence-corrected chi connectivity index (χ1v) is 10.4. The molecule has 2 aromatic heterocycles. The Balaban J connectivity index is 1.47. The average molecular weight is 373 g/mol. The van der Waals surface area contributed by atoms with Crippen LogP contribution >= 0.6 is 11.3 Å². The van der Waals surface area contributed by atoms with Gasteiger partial charge in [-0.2, -0.15) is 0 Å². The molecule has 26 heavy (non-hydrogen) atoms. The third kappa shape index (κ3) is 3.20. The Kier molecular flexibility index (Phi) is 4.21. The number of aromatic nitrogens is 2. The van der Waals surface area contributed by atoms with Crippen molar-refractivity contribution in [3.63, 3.8) is 0 Å². The normalized spacial score (nSPS) is 27.1. The van der Waals surface area contributed by atoms with Crippen LogP contribution in [0.3, 0.4) is 0 Å². The monoisotopic (exact) mass is 372 g/mol. The van der Waals surface area contributed by atoms with Gasteiger partial charge in [0.25, 0.3) is 0 Å². The minimum absolute atomic E-state index is 0.189. The van der Waals surface area contributed by atoms with E-state index in [9.17, 15) is 4.79 Å².